The van der Waals surface area contributed by atoms with Crippen molar-refractivity contribution in [3.05, 3.63) is 15.5 Å². The number of aromatic nitrogens is 1. The van der Waals surface area contributed by atoms with Crippen LogP contribution < -0.4 is 0 Å². The zero-order valence-corrected chi connectivity index (χ0v) is 10.5. The monoisotopic (exact) mass is 248 g/mol. The van der Waals surface area contributed by atoms with E-state index in [0.29, 0.717) is 4.47 Å². The summed E-state index contributed by atoms with van der Waals surface area (Å²) >= 11 is 9.27. The van der Waals surface area contributed by atoms with E-state index >= 15 is 0 Å². The summed E-state index contributed by atoms with van der Waals surface area (Å²) in [6, 6.07) is 0. The Labute approximate surface area is 97.7 Å². The molecule has 0 radical (unpaired) electrons. The Morgan fingerprint density at radius 3 is 3.21 bits per heavy atom. The number of thiazole rings is 1. The normalized spacial score (nSPS) is 23.1. The zero-order chi connectivity index (χ0) is 9.97. The number of likely N-dealkylation sites (tertiary alicyclic amines) is 1. The number of halogens is 1. The lowest BCUT2D eigenvalue weighted by Gasteiger charge is -2.13. The van der Waals surface area contributed by atoms with Crippen LogP contribution in [0.15, 0.2) is 5.38 Å². The summed E-state index contributed by atoms with van der Waals surface area (Å²) in [6.07, 6.45) is 3.49. The first-order chi connectivity index (χ1) is 6.78. The predicted molar refractivity (Wildman–Crippen MR) is 64.3 cm³/mol. The van der Waals surface area contributed by atoms with Gasteiger partial charge in [-0.2, -0.15) is 11.8 Å². The highest BCUT2D eigenvalue weighted by Crippen LogP contribution is 2.23. The molecule has 5 heteroatoms. The molecule has 0 aliphatic carbocycles. The van der Waals surface area contributed by atoms with Crippen LogP contribution in [0.25, 0.3) is 0 Å². The van der Waals surface area contributed by atoms with E-state index in [1.807, 2.05) is 11.8 Å². The molecule has 2 nitrogen and oxygen atoms in total. The van der Waals surface area contributed by atoms with E-state index in [2.05, 4.69) is 21.5 Å². The topological polar surface area (TPSA) is 16.1 Å². The molecule has 78 valence electrons. The fraction of sp³-hybridized carbons (Fsp3) is 0.667. The summed E-state index contributed by atoms with van der Waals surface area (Å²) in [6.45, 7) is 3.34. The molecule has 0 N–H and O–H groups in total. The van der Waals surface area contributed by atoms with Gasteiger partial charge in [-0.25, -0.2) is 4.98 Å². The first-order valence-electron chi connectivity index (χ1n) is 4.63. The predicted octanol–water partition coefficient (Wildman–Crippen LogP) is 2.73. The Kier molecular flexibility index (Phi) is 3.71. The summed E-state index contributed by atoms with van der Waals surface area (Å²) in [5.41, 5.74) is 1.11. The van der Waals surface area contributed by atoms with Crippen molar-refractivity contribution in [3.63, 3.8) is 0 Å². The molecule has 1 unspecified atom stereocenters. The van der Waals surface area contributed by atoms with E-state index in [4.69, 9.17) is 11.6 Å². The molecule has 1 saturated heterocycles. The van der Waals surface area contributed by atoms with Crippen LogP contribution in [-0.2, 0) is 6.54 Å². The standard InChI is InChI=1S/C9H13ClN2S2/c1-13-8-2-3-12(5-8)4-7-6-14-9(10)11-7/h6,8H,2-5H2,1H3. The van der Waals surface area contributed by atoms with Gasteiger partial charge in [0.2, 0.25) is 0 Å². The first-order valence-corrected chi connectivity index (χ1v) is 7.17. The second kappa shape index (κ2) is 4.84. The number of thioether (sulfide) groups is 1. The fourth-order valence-electron chi connectivity index (χ4n) is 1.72. The smallest absolute Gasteiger partial charge is 0.183 e. The summed E-state index contributed by atoms with van der Waals surface area (Å²) in [7, 11) is 0. The molecule has 1 aliphatic heterocycles. The highest BCUT2D eigenvalue weighted by molar-refractivity contribution is 7.99. The van der Waals surface area contributed by atoms with Gasteiger partial charge in [-0.05, 0) is 19.2 Å². The lowest BCUT2D eigenvalue weighted by molar-refractivity contribution is 0.329. The molecule has 1 aromatic heterocycles. The van der Waals surface area contributed by atoms with Crippen LogP contribution >= 0.6 is 34.7 Å². The Morgan fingerprint density at radius 1 is 1.79 bits per heavy atom. The van der Waals surface area contributed by atoms with Crippen LogP contribution in [0, 0.1) is 0 Å². The molecule has 1 aliphatic rings. The summed E-state index contributed by atoms with van der Waals surface area (Å²) in [4.78, 5) is 6.71. The van der Waals surface area contributed by atoms with E-state index in [1.54, 1.807) is 0 Å². The third kappa shape index (κ3) is 2.63. The molecule has 2 heterocycles. The minimum absolute atomic E-state index is 0.653. The maximum Gasteiger partial charge on any atom is 0.183 e. The van der Waals surface area contributed by atoms with Gasteiger partial charge in [0, 0.05) is 23.7 Å². The van der Waals surface area contributed by atoms with Gasteiger partial charge in [0.05, 0.1) is 5.69 Å². The number of rotatable bonds is 3. The minimum atomic E-state index is 0.653. The average molecular weight is 249 g/mol. The Bertz CT molecular complexity index is 303. The quantitative estimate of drug-likeness (QED) is 0.819. The fourth-order valence-corrected chi connectivity index (χ4v) is 3.19. The second-order valence-corrected chi connectivity index (χ2v) is 6.05. The van der Waals surface area contributed by atoms with Crippen LogP contribution in [0.2, 0.25) is 4.47 Å². The number of nitrogens with zero attached hydrogens (tertiary/aromatic N) is 2. The van der Waals surface area contributed by atoms with Gasteiger partial charge >= 0.3 is 0 Å². The van der Waals surface area contributed by atoms with Crippen molar-refractivity contribution in [3.8, 4) is 0 Å². The Hall–Kier alpha value is 0.230. The van der Waals surface area contributed by atoms with Crippen molar-refractivity contribution in [1.29, 1.82) is 0 Å². The van der Waals surface area contributed by atoms with Crippen molar-refractivity contribution in [2.24, 2.45) is 0 Å². The lowest BCUT2D eigenvalue weighted by atomic mass is 10.4. The summed E-state index contributed by atoms with van der Waals surface area (Å²) in [5.74, 6) is 0. The maximum absolute atomic E-state index is 5.79. The van der Waals surface area contributed by atoms with Gasteiger partial charge in [0.15, 0.2) is 4.47 Å². The van der Waals surface area contributed by atoms with Crippen LogP contribution in [0.3, 0.4) is 0 Å². The molecule has 0 bridgehead atoms. The van der Waals surface area contributed by atoms with E-state index in [9.17, 15) is 0 Å². The largest absolute Gasteiger partial charge is 0.296 e. The van der Waals surface area contributed by atoms with Crippen LogP contribution in [0.5, 0.6) is 0 Å². The molecule has 0 amide bonds. The molecule has 1 atom stereocenters. The molecule has 0 spiro atoms. The van der Waals surface area contributed by atoms with Crippen LogP contribution in [0.1, 0.15) is 12.1 Å². The number of hydrogen-bond acceptors (Lipinski definition) is 4. The van der Waals surface area contributed by atoms with E-state index in [-0.39, 0.29) is 0 Å². The summed E-state index contributed by atoms with van der Waals surface area (Å²) in [5, 5.41) is 2.86. The highest BCUT2D eigenvalue weighted by Gasteiger charge is 2.21. The van der Waals surface area contributed by atoms with Gasteiger partial charge in [-0.15, -0.1) is 11.3 Å². The van der Waals surface area contributed by atoms with Crippen molar-refractivity contribution >= 4 is 34.7 Å². The van der Waals surface area contributed by atoms with Crippen molar-refractivity contribution in [2.75, 3.05) is 19.3 Å². The molecule has 14 heavy (non-hydrogen) atoms. The highest BCUT2D eigenvalue weighted by atomic mass is 35.5. The molecular weight excluding hydrogens is 236 g/mol. The van der Waals surface area contributed by atoms with Crippen molar-refractivity contribution in [2.45, 2.75) is 18.2 Å². The third-order valence-electron chi connectivity index (χ3n) is 2.47. The maximum atomic E-state index is 5.79. The SMILES string of the molecule is CSC1CCN(Cc2csc(Cl)n2)C1. The molecule has 2 rings (SSSR count). The van der Waals surface area contributed by atoms with Gasteiger partial charge in [-0.3, -0.25) is 4.90 Å². The lowest BCUT2D eigenvalue weighted by Crippen LogP contribution is -2.20. The Balaban J connectivity index is 1.87. The summed E-state index contributed by atoms with van der Waals surface area (Å²) < 4.78 is 0.653. The van der Waals surface area contributed by atoms with E-state index in [1.165, 1.54) is 30.8 Å². The van der Waals surface area contributed by atoms with Crippen LogP contribution in [0.4, 0.5) is 0 Å². The molecular formula is C9H13ClN2S2. The molecule has 0 saturated carbocycles. The Morgan fingerprint density at radius 2 is 2.64 bits per heavy atom. The van der Waals surface area contributed by atoms with Gasteiger partial charge < -0.3 is 0 Å². The van der Waals surface area contributed by atoms with E-state index < -0.39 is 0 Å². The molecule has 0 aromatic carbocycles. The average Bonchev–Trinajstić information content (AvgIpc) is 2.76. The molecule has 1 aromatic rings. The zero-order valence-electron chi connectivity index (χ0n) is 8.07. The third-order valence-corrected chi connectivity index (χ3v) is 4.55. The van der Waals surface area contributed by atoms with Gasteiger partial charge in [-0.1, -0.05) is 11.6 Å². The van der Waals surface area contributed by atoms with Crippen LogP contribution in [-0.4, -0.2) is 34.5 Å². The van der Waals surface area contributed by atoms with Gasteiger partial charge in [0.25, 0.3) is 0 Å². The second-order valence-electron chi connectivity index (χ2n) is 3.47. The van der Waals surface area contributed by atoms with E-state index in [0.717, 1.165) is 17.5 Å². The first kappa shape index (κ1) is 10.7. The van der Waals surface area contributed by atoms with Gasteiger partial charge in [0.1, 0.15) is 0 Å². The van der Waals surface area contributed by atoms with Crippen molar-refractivity contribution < 1.29 is 0 Å². The number of hydrogen-bond donors (Lipinski definition) is 0. The minimum Gasteiger partial charge on any atom is -0.296 e. The molecule has 1 fully saturated rings. The van der Waals surface area contributed by atoms with Crippen molar-refractivity contribution in [1.82, 2.24) is 9.88 Å².